The monoisotopic (exact) mass is 247 g/mol. The lowest BCUT2D eigenvalue weighted by Crippen LogP contribution is -2.31. The van der Waals surface area contributed by atoms with E-state index in [0.29, 0.717) is 0 Å². The average molecular weight is 247 g/mol. The van der Waals surface area contributed by atoms with Crippen LogP contribution in [0.3, 0.4) is 0 Å². The number of rotatable bonds is 6. The van der Waals surface area contributed by atoms with Crippen LogP contribution in [0.1, 0.15) is 44.4 Å². The predicted octanol–water partition coefficient (Wildman–Crippen LogP) is 4.42. The van der Waals surface area contributed by atoms with Gasteiger partial charge < -0.3 is 0 Å². The molecule has 0 spiro atoms. The first-order valence-corrected chi connectivity index (χ1v) is 7.17. The van der Waals surface area contributed by atoms with Gasteiger partial charge in [-0.05, 0) is 36.8 Å². The fourth-order valence-corrected chi connectivity index (χ4v) is 2.50. The maximum absolute atomic E-state index is 2.59. The predicted molar refractivity (Wildman–Crippen MR) is 80.9 cm³/mol. The van der Waals surface area contributed by atoms with Crippen LogP contribution in [0.25, 0.3) is 0 Å². The van der Waals surface area contributed by atoms with Crippen LogP contribution in [0.15, 0.2) is 18.2 Å². The molecule has 0 fully saturated rings. The third-order valence-corrected chi connectivity index (χ3v) is 3.14. The number of nitrogens with zero attached hydrogens (tertiary/aromatic N) is 1. The van der Waals surface area contributed by atoms with Crippen molar-refractivity contribution in [2.75, 3.05) is 13.1 Å². The number of aryl methyl sites for hydroxylation is 2. The Labute approximate surface area is 113 Å². The summed E-state index contributed by atoms with van der Waals surface area (Å²) in [5.74, 6) is 1.46. The van der Waals surface area contributed by atoms with E-state index in [2.05, 4.69) is 64.6 Å². The van der Waals surface area contributed by atoms with Gasteiger partial charge in [-0.3, -0.25) is 4.90 Å². The standard InChI is InChI=1S/C17H29N/c1-13(2)10-18(11-14(3)4)12-17-8-7-15(5)9-16(17)6/h7-9,13-14H,10-12H2,1-6H3. The summed E-state index contributed by atoms with van der Waals surface area (Å²) in [4.78, 5) is 2.59. The van der Waals surface area contributed by atoms with Crippen LogP contribution in [-0.2, 0) is 6.54 Å². The molecule has 0 aliphatic heterocycles. The second-order valence-electron chi connectivity index (χ2n) is 6.41. The summed E-state index contributed by atoms with van der Waals surface area (Å²) in [5.41, 5.74) is 4.25. The molecule has 0 amide bonds. The Morgan fingerprint density at radius 1 is 0.944 bits per heavy atom. The van der Waals surface area contributed by atoms with Crippen molar-refractivity contribution in [2.45, 2.75) is 48.1 Å². The molecule has 1 nitrogen and oxygen atoms in total. The first kappa shape index (κ1) is 15.2. The van der Waals surface area contributed by atoms with Gasteiger partial charge in [0, 0.05) is 19.6 Å². The maximum Gasteiger partial charge on any atom is 0.0236 e. The van der Waals surface area contributed by atoms with Crippen molar-refractivity contribution < 1.29 is 0 Å². The van der Waals surface area contributed by atoms with Gasteiger partial charge >= 0.3 is 0 Å². The van der Waals surface area contributed by atoms with Gasteiger partial charge in [0.25, 0.3) is 0 Å². The molecule has 0 aliphatic carbocycles. The van der Waals surface area contributed by atoms with Gasteiger partial charge in [0.1, 0.15) is 0 Å². The average Bonchev–Trinajstić information content (AvgIpc) is 2.20. The van der Waals surface area contributed by atoms with Gasteiger partial charge in [-0.15, -0.1) is 0 Å². The number of benzene rings is 1. The smallest absolute Gasteiger partial charge is 0.0236 e. The highest BCUT2D eigenvalue weighted by molar-refractivity contribution is 5.30. The highest BCUT2D eigenvalue weighted by Gasteiger charge is 2.11. The SMILES string of the molecule is Cc1ccc(CN(CC(C)C)CC(C)C)c(C)c1. The van der Waals surface area contributed by atoms with Crippen molar-refractivity contribution >= 4 is 0 Å². The summed E-state index contributed by atoms with van der Waals surface area (Å²) in [5, 5.41) is 0. The Bertz CT molecular complexity index is 356. The third-order valence-electron chi connectivity index (χ3n) is 3.14. The fourth-order valence-electron chi connectivity index (χ4n) is 2.50. The van der Waals surface area contributed by atoms with E-state index in [4.69, 9.17) is 0 Å². The first-order valence-electron chi connectivity index (χ1n) is 7.17. The van der Waals surface area contributed by atoms with Crippen molar-refractivity contribution in [1.29, 1.82) is 0 Å². The summed E-state index contributed by atoms with van der Waals surface area (Å²) in [6, 6.07) is 6.81. The zero-order valence-corrected chi connectivity index (χ0v) is 13.0. The Hall–Kier alpha value is -0.820. The molecule has 0 radical (unpaired) electrons. The molecule has 1 heteroatoms. The van der Waals surface area contributed by atoms with Crippen LogP contribution in [0.2, 0.25) is 0 Å². The number of hydrogen-bond acceptors (Lipinski definition) is 1. The molecular weight excluding hydrogens is 218 g/mol. The zero-order valence-electron chi connectivity index (χ0n) is 13.0. The summed E-state index contributed by atoms with van der Waals surface area (Å²) >= 11 is 0. The quantitative estimate of drug-likeness (QED) is 0.719. The summed E-state index contributed by atoms with van der Waals surface area (Å²) in [6.07, 6.45) is 0. The molecule has 102 valence electrons. The maximum atomic E-state index is 2.59. The van der Waals surface area contributed by atoms with E-state index in [1.165, 1.54) is 29.8 Å². The minimum absolute atomic E-state index is 0.731. The van der Waals surface area contributed by atoms with Crippen LogP contribution in [-0.4, -0.2) is 18.0 Å². The zero-order chi connectivity index (χ0) is 13.7. The topological polar surface area (TPSA) is 3.24 Å². The molecule has 1 aromatic carbocycles. The van der Waals surface area contributed by atoms with E-state index in [-0.39, 0.29) is 0 Å². The second-order valence-corrected chi connectivity index (χ2v) is 6.41. The van der Waals surface area contributed by atoms with Crippen LogP contribution < -0.4 is 0 Å². The Morgan fingerprint density at radius 2 is 1.50 bits per heavy atom. The molecule has 0 aliphatic rings. The van der Waals surface area contributed by atoms with Gasteiger partial charge in [-0.25, -0.2) is 0 Å². The fraction of sp³-hybridized carbons (Fsp3) is 0.647. The minimum Gasteiger partial charge on any atom is -0.299 e. The molecule has 0 aromatic heterocycles. The Kier molecular flexibility index (Phi) is 5.87. The van der Waals surface area contributed by atoms with Crippen LogP contribution in [0.5, 0.6) is 0 Å². The highest BCUT2D eigenvalue weighted by atomic mass is 15.1. The van der Waals surface area contributed by atoms with Crippen molar-refractivity contribution in [3.63, 3.8) is 0 Å². The van der Waals surface area contributed by atoms with Gasteiger partial charge in [-0.1, -0.05) is 51.5 Å². The van der Waals surface area contributed by atoms with Crippen LogP contribution in [0, 0.1) is 25.7 Å². The normalized spacial score (nSPS) is 11.8. The molecule has 0 unspecified atom stereocenters. The molecule has 18 heavy (non-hydrogen) atoms. The lowest BCUT2D eigenvalue weighted by molar-refractivity contribution is 0.211. The van der Waals surface area contributed by atoms with Gasteiger partial charge in [0.05, 0.1) is 0 Å². The van der Waals surface area contributed by atoms with Gasteiger partial charge in [-0.2, -0.15) is 0 Å². The molecule has 1 rings (SSSR count). The van der Waals surface area contributed by atoms with Crippen molar-refractivity contribution in [1.82, 2.24) is 4.90 Å². The van der Waals surface area contributed by atoms with E-state index < -0.39 is 0 Å². The van der Waals surface area contributed by atoms with Crippen LogP contribution in [0.4, 0.5) is 0 Å². The van der Waals surface area contributed by atoms with Gasteiger partial charge in [0.15, 0.2) is 0 Å². The second kappa shape index (κ2) is 6.94. The van der Waals surface area contributed by atoms with E-state index in [1.807, 2.05) is 0 Å². The Balaban J connectivity index is 2.75. The van der Waals surface area contributed by atoms with Gasteiger partial charge in [0.2, 0.25) is 0 Å². The lowest BCUT2D eigenvalue weighted by atomic mass is 10.0. The van der Waals surface area contributed by atoms with E-state index >= 15 is 0 Å². The summed E-state index contributed by atoms with van der Waals surface area (Å²) in [6.45, 7) is 17.1. The molecule has 0 atom stereocenters. The first-order chi connectivity index (χ1) is 8.38. The molecule has 0 saturated heterocycles. The van der Waals surface area contributed by atoms with Crippen LogP contribution >= 0.6 is 0 Å². The molecule has 1 aromatic rings. The van der Waals surface area contributed by atoms with E-state index in [0.717, 1.165) is 18.4 Å². The number of hydrogen-bond donors (Lipinski definition) is 0. The van der Waals surface area contributed by atoms with Crippen molar-refractivity contribution in [2.24, 2.45) is 11.8 Å². The highest BCUT2D eigenvalue weighted by Crippen LogP contribution is 2.15. The van der Waals surface area contributed by atoms with Crippen molar-refractivity contribution in [3.8, 4) is 0 Å². The lowest BCUT2D eigenvalue weighted by Gasteiger charge is -2.27. The molecule has 0 N–H and O–H groups in total. The molecule has 0 heterocycles. The largest absolute Gasteiger partial charge is 0.299 e. The van der Waals surface area contributed by atoms with Crippen molar-refractivity contribution in [3.05, 3.63) is 34.9 Å². The molecule has 0 bridgehead atoms. The Morgan fingerprint density at radius 3 is 1.94 bits per heavy atom. The summed E-state index contributed by atoms with van der Waals surface area (Å²) in [7, 11) is 0. The minimum atomic E-state index is 0.731. The molecular formula is C17H29N. The molecule has 0 saturated carbocycles. The summed E-state index contributed by atoms with van der Waals surface area (Å²) < 4.78 is 0. The van der Waals surface area contributed by atoms with E-state index in [9.17, 15) is 0 Å². The van der Waals surface area contributed by atoms with E-state index in [1.54, 1.807) is 0 Å². The third kappa shape index (κ3) is 5.22.